The van der Waals surface area contributed by atoms with Crippen LogP contribution in [0.5, 0.6) is 0 Å². The van der Waals surface area contributed by atoms with Gasteiger partial charge in [0.1, 0.15) is 4.90 Å². The van der Waals surface area contributed by atoms with Gasteiger partial charge in [-0.05, 0) is 25.5 Å². The number of nitro benzene ring substituents is 1. The lowest BCUT2D eigenvalue weighted by atomic mass is 10.1. The van der Waals surface area contributed by atoms with E-state index in [1.54, 1.807) is 0 Å². The highest BCUT2D eigenvalue weighted by atomic mass is 35.5. The Balaban J connectivity index is 0.00000220. The maximum absolute atomic E-state index is 12.2. The van der Waals surface area contributed by atoms with Crippen molar-refractivity contribution in [2.45, 2.75) is 23.8 Å². The van der Waals surface area contributed by atoms with Gasteiger partial charge >= 0.3 is 0 Å². The first-order chi connectivity index (χ1) is 9.40. The van der Waals surface area contributed by atoms with Crippen molar-refractivity contribution in [3.05, 3.63) is 33.3 Å². The molecule has 1 aromatic rings. The van der Waals surface area contributed by atoms with Gasteiger partial charge in [0.25, 0.3) is 5.69 Å². The summed E-state index contributed by atoms with van der Waals surface area (Å²) in [5.74, 6) is 0. The molecule has 1 aromatic carbocycles. The fourth-order valence-electron chi connectivity index (χ4n) is 2.06. The Morgan fingerprint density at radius 1 is 1.43 bits per heavy atom. The molecule has 1 atom stereocenters. The molecular formula is C11H15Cl2N3O4S. The van der Waals surface area contributed by atoms with Crippen molar-refractivity contribution in [2.75, 3.05) is 13.1 Å². The summed E-state index contributed by atoms with van der Waals surface area (Å²) in [6.45, 7) is 1.43. The Hall–Kier alpha value is -0.930. The Kier molecular flexibility index (Phi) is 6.36. The molecule has 0 radical (unpaired) electrons. The summed E-state index contributed by atoms with van der Waals surface area (Å²) in [6, 6.07) is 3.12. The Bertz CT molecular complexity index is 618. The summed E-state index contributed by atoms with van der Waals surface area (Å²) < 4.78 is 27.0. The summed E-state index contributed by atoms with van der Waals surface area (Å²) in [7, 11) is -3.78. The third-order valence-electron chi connectivity index (χ3n) is 3.03. The number of sulfonamides is 1. The van der Waals surface area contributed by atoms with Gasteiger partial charge in [-0.2, -0.15) is 0 Å². The minimum absolute atomic E-state index is 0. The second kappa shape index (κ2) is 7.37. The third-order valence-corrected chi connectivity index (χ3v) is 5.04. The smallest absolute Gasteiger partial charge is 0.271 e. The molecule has 0 bridgehead atoms. The number of non-ortho nitro benzene ring substituents is 1. The van der Waals surface area contributed by atoms with E-state index in [1.165, 1.54) is 0 Å². The van der Waals surface area contributed by atoms with E-state index in [2.05, 4.69) is 10.0 Å². The number of piperidine rings is 1. The predicted molar refractivity (Wildman–Crippen MR) is 81.6 cm³/mol. The normalized spacial score (nSPS) is 18.8. The number of hydrogen-bond donors (Lipinski definition) is 2. The molecule has 1 saturated heterocycles. The van der Waals surface area contributed by atoms with E-state index in [9.17, 15) is 18.5 Å². The molecule has 2 rings (SSSR count). The summed E-state index contributed by atoms with van der Waals surface area (Å²) in [6.07, 6.45) is 1.64. The van der Waals surface area contributed by atoms with Crippen molar-refractivity contribution < 1.29 is 13.3 Å². The summed E-state index contributed by atoms with van der Waals surface area (Å²) in [5.41, 5.74) is -0.242. The molecular weight excluding hydrogens is 341 g/mol. The van der Waals surface area contributed by atoms with Crippen molar-refractivity contribution in [1.29, 1.82) is 0 Å². The quantitative estimate of drug-likeness (QED) is 0.632. The summed E-state index contributed by atoms with van der Waals surface area (Å²) >= 11 is 5.84. The number of benzene rings is 1. The molecule has 0 aliphatic carbocycles. The molecule has 7 nitrogen and oxygen atoms in total. The van der Waals surface area contributed by atoms with Gasteiger partial charge in [-0.3, -0.25) is 10.1 Å². The van der Waals surface area contributed by atoms with Gasteiger partial charge in [-0.25, -0.2) is 13.1 Å². The molecule has 118 valence electrons. The van der Waals surface area contributed by atoms with Crippen molar-refractivity contribution in [3.63, 3.8) is 0 Å². The van der Waals surface area contributed by atoms with Crippen molar-refractivity contribution in [1.82, 2.24) is 10.0 Å². The number of rotatable bonds is 4. The van der Waals surface area contributed by atoms with Crippen molar-refractivity contribution in [3.8, 4) is 0 Å². The topological polar surface area (TPSA) is 101 Å². The van der Waals surface area contributed by atoms with Crippen LogP contribution in [-0.4, -0.2) is 32.5 Å². The Morgan fingerprint density at radius 2 is 2.14 bits per heavy atom. The zero-order valence-electron chi connectivity index (χ0n) is 10.9. The monoisotopic (exact) mass is 355 g/mol. The van der Waals surface area contributed by atoms with Crippen LogP contribution >= 0.6 is 24.0 Å². The number of nitrogens with one attached hydrogen (secondary N) is 2. The van der Waals surface area contributed by atoms with Gasteiger partial charge in [0.2, 0.25) is 10.0 Å². The first-order valence-corrected chi connectivity index (χ1v) is 7.93. The first kappa shape index (κ1) is 18.1. The lowest BCUT2D eigenvalue weighted by molar-refractivity contribution is -0.384. The zero-order valence-corrected chi connectivity index (χ0v) is 13.3. The van der Waals surface area contributed by atoms with Crippen LogP contribution in [0, 0.1) is 10.1 Å². The largest absolute Gasteiger partial charge is 0.315 e. The van der Waals surface area contributed by atoms with Crippen molar-refractivity contribution >= 4 is 39.7 Å². The highest BCUT2D eigenvalue weighted by Crippen LogP contribution is 2.26. The third kappa shape index (κ3) is 4.52. The SMILES string of the molecule is Cl.O=[N+]([O-])c1ccc(S(=O)(=O)N[C@@H]2CCCNC2)c(Cl)c1. The number of hydrogen-bond acceptors (Lipinski definition) is 5. The number of halogens is 2. The second-order valence-electron chi connectivity index (χ2n) is 4.54. The lowest BCUT2D eigenvalue weighted by Crippen LogP contribution is -2.45. The van der Waals surface area contributed by atoms with Crippen LogP contribution in [0.4, 0.5) is 5.69 Å². The molecule has 0 spiro atoms. The second-order valence-corrected chi connectivity index (χ2v) is 6.63. The van der Waals surface area contributed by atoms with Crippen LogP contribution in [0.2, 0.25) is 5.02 Å². The molecule has 0 amide bonds. The highest BCUT2D eigenvalue weighted by molar-refractivity contribution is 7.89. The number of nitro groups is 1. The first-order valence-electron chi connectivity index (χ1n) is 6.07. The predicted octanol–water partition coefficient (Wildman–Crippen LogP) is 1.70. The average Bonchev–Trinajstić information content (AvgIpc) is 2.38. The van der Waals surface area contributed by atoms with E-state index in [1.807, 2.05) is 0 Å². The zero-order chi connectivity index (χ0) is 14.8. The van der Waals surface area contributed by atoms with Gasteiger partial charge in [0.05, 0.1) is 9.95 Å². The molecule has 1 aliphatic rings. The highest BCUT2D eigenvalue weighted by Gasteiger charge is 2.24. The molecule has 10 heteroatoms. The van der Waals surface area contributed by atoms with Crippen LogP contribution in [-0.2, 0) is 10.0 Å². The van der Waals surface area contributed by atoms with Crippen LogP contribution in [0.1, 0.15) is 12.8 Å². The maximum atomic E-state index is 12.2. The molecule has 0 saturated carbocycles. The van der Waals surface area contributed by atoms with Gasteiger partial charge in [0.15, 0.2) is 0 Å². The average molecular weight is 356 g/mol. The van der Waals surface area contributed by atoms with Gasteiger partial charge < -0.3 is 5.32 Å². The van der Waals surface area contributed by atoms with Gasteiger partial charge in [-0.15, -0.1) is 12.4 Å². The van der Waals surface area contributed by atoms with Crippen LogP contribution in [0.3, 0.4) is 0 Å². The standard InChI is InChI=1S/C11H14ClN3O4S.ClH/c12-10-6-9(15(16)17)3-4-11(10)20(18,19)14-8-2-1-5-13-7-8;/h3-4,6,8,13-14H,1-2,5,7H2;1H/t8-;/m1./s1. The molecule has 1 aliphatic heterocycles. The van der Waals surface area contributed by atoms with E-state index in [4.69, 9.17) is 11.6 Å². The molecule has 1 fully saturated rings. The van der Waals surface area contributed by atoms with E-state index < -0.39 is 14.9 Å². The van der Waals surface area contributed by atoms with Crippen LogP contribution in [0.25, 0.3) is 0 Å². The molecule has 0 unspecified atom stereocenters. The minimum atomic E-state index is -3.78. The Morgan fingerprint density at radius 3 is 2.67 bits per heavy atom. The summed E-state index contributed by atoms with van der Waals surface area (Å²) in [5, 5.41) is 13.5. The number of nitrogens with zero attached hydrogens (tertiary/aromatic N) is 1. The van der Waals surface area contributed by atoms with Crippen LogP contribution < -0.4 is 10.0 Å². The van der Waals surface area contributed by atoms with Crippen molar-refractivity contribution in [2.24, 2.45) is 0 Å². The van der Waals surface area contributed by atoms with E-state index in [0.29, 0.717) is 6.54 Å². The lowest BCUT2D eigenvalue weighted by Gasteiger charge is -2.23. The Labute approximate surface area is 133 Å². The molecule has 2 N–H and O–H groups in total. The maximum Gasteiger partial charge on any atom is 0.271 e. The van der Waals surface area contributed by atoms with E-state index in [0.717, 1.165) is 37.6 Å². The van der Waals surface area contributed by atoms with Gasteiger partial charge in [-0.1, -0.05) is 11.6 Å². The molecule has 21 heavy (non-hydrogen) atoms. The molecule has 1 heterocycles. The fourth-order valence-corrected chi connectivity index (χ4v) is 3.87. The summed E-state index contributed by atoms with van der Waals surface area (Å²) in [4.78, 5) is 9.84. The van der Waals surface area contributed by atoms with Gasteiger partial charge in [0, 0.05) is 24.7 Å². The minimum Gasteiger partial charge on any atom is -0.315 e. The molecule has 0 aromatic heterocycles. The van der Waals surface area contributed by atoms with Crippen LogP contribution in [0.15, 0.2) is 23.1 Å². The fraction of sp³-hybridized carbons (Fsp3) is 0.455. The van der Waals surface area contributed by atoms with E-state index in [-0.39, 0.29) is 34.1 Å². The van der Waals surface area contributed by atoms with E-state index >= 15 is 0 Å².